The van der Waals surface area contributed by atoms with Crippen LogP contribution in [0.1, 0.15) is 30.0 Å². The molecule has 4 rings (SSSR count). The Bertz CT molecular complexity index is 1150. The minimum absolute atomic E-state index is 0.00950. The van der Waals surface area contributed by atoms with Gasteiger partial charge in [-0.1, -0.05) is 18.2 Å². The van der Waals surface area contributed by atoms with E-state index in [4.69, 9.17) is 4.74 Å². The lowest BCUT2D eigenvalue weighted by molar-refractivity contribution is -0.119. The summed E-state index contributed by atoms with van der Waals surface area (Å²) in [6.45, 7) is 13.0. The van der Waals surface area contributed by atoms with Crippen molar-refractivity contribution in [3.63, 3.8) is 0 Å². The topological polar surface area (TPSA) is 77.9 Å². The molecular weight excluding hydrogens is 460 g/mol. The maximum Gasteiger partial charge on any atom is 0.238 e. The lowest BCUT2D eigenvalue weighted by Crippen LogP contribution is -2.59. The molecule has 3 aromatic rings. The molecule has 1 fully saturated rings. The summed E-state index contributed by atoms with van der Waals surface area (Å²) < 4.78 is 6.99. The van der Waals surface area contributed by atoms with E-state index in [1.807, 2.05) is 57.2 Å². The fourth-order valence-electron chi connectivity index (χ4n) is 4.94. The van der Waals surface area contributed by atoms with Crippen LogP contribution >= 0.6 is 11.3 Å². The van der Waals surface area contributed by atoms with E-state index in [1.54, 1.807) is 11.3 Å². The standard InChI is InChI=1S/C27H36N4O3S/c1-17-7-6-8-18(2)27(17)29-26(33)15-31-19(3)12-30(13-20(31)4)14-22(32)16-34-23-9-10-25-24(11-23)28-21(5)35-25/h6-11,19-20,22,32H,12-16H2,1-5H3,(H,29,33)/t19?,20?,22-/m1/s1. The average Bonchev–Trinajstić information content (AvgIpc) is 3.17. The highest BCUT2D eigenvalue weighted by molar-refractivity contribution is 7.18. The van der Waals surface area contributed by atoms with Crippen molar-refractivity contribution >= 4 is 33.1 Å². The predicted molar refractivity (Wildman–Crippen MR) is 142 cm³/mol. The Kier molecular flexibility index (Phi) is 8.06. The Labute approximate surface area is 211 Å². The van der Waals surface area contributed by atoms with E-state index in [9.17, 15) is 9.90 Å². The van der Waals surface area contributed by atoms with Crippen LogP contribution in [-0.2, 0) is 4.79 Å². The SMILES string of the molecule is Cc1nc2cc(OC[C@H](O)CN3CC(C)N(CC(=O)Nc4c(C)cccc4C)C(C)C3)ccc2s1. The third-order valence-electron chi connectivity index (χ3n) is 6.63. The second-order valence-electron chi connectivity index (χ2n) is 9.73. The summed E-state index contributed by atoms with van der Waals surface area (Å²) in [4.78, 5) is 21.8. The Balaban J connectivity index is 1.26. The van der Waals surface area contributed by atoms with Crippen LogP contribution in [0.2, 0.25) is 0 Å². The van der Waals surface area contributed by atoms with Crippen molar-refractivity contribution in [3.05, 3.63) is 52.5 Å². The second-order valence-corrected chi connectivity index (χ2v) is 11.0. The molecule has 0 bridgehead atoms. The molecule has 0 radical (unpaired) electrons. The fourth-order valence-corrected chi connectivity index (χ4v) is 5.75. The van der Waals surface area contributed by atoms with Crippen LogP contribution in [0.15, 0.2) is 36.4 Å². The highest BCUT2D eigenvalue weighted by atomic mass is 32.1. The number of aromatic nitrogens is 1. The number of hydrogen-bond donors (Lipinski definition) is 2. The van der Waals surface area contributed by atoms with Crippen LogP contribution in [-0.4, -0.2) is 76.8 Å². The first-order valence-corrected chi connectivity index (χ1v) is 13.0. The predicted octanol–water partition coefficient (Wildman–Crippen LogP) is 3.99. The number of anilines is 1. The molecule has 2 heterocycles. The molecule has 2 aromatic carbocycles. The highest BCUT2D eigenvalue weighted by Gasteiger charge is 2.31. The number of hydrogen-bond acceptors (Lipinski definition) is 7. The number of ether oxygens (including phenoxy) is 1. The van der Waals surface area contributed by atoms with Crippen molar-refractivity contribution < 1.29 is 14.6 Å². The number of rotatable bonds is 8. The largest absolute Gasteiger partial charge is 0.491 e. The van der Waals surface area contributed by atoms with Gasteiger partial charge in [0.2, 0.25) is 5.91 Å². The summed E-state index contributed by atoms with van der Waals surface area (Å²) in [6, 6.07) is 12.3. The maximum absolute atomic E-state index is 12.8. The molecule has 8 heteroatoms. The summed E-state index contributed by atoms with van der Waals surface area (Å²) in [7, 11) is 0. The molecule has 1 aromatic heterocycles. The molecule has 7 nitrogen and oxygen atoms in total. The number of amides is 1. The molecule has 188 valence electrons. The number of nitrogens with one attached hydrogen (secondary N) is 1. The third-order valence-corrected chi connectivity index (χ3v) is 7.58. The zero-order valence-corrected chi connectivity index (χ0v) is 22.1. The second kappa shape index (κ2) is 11.0. The Morgan fingerprint density at radius 2 is 1.86 bits per heavy atom. The number of nitrogens with zero attached hydrogens (tertiary/aromatic N) is 3. The van der Waals surface area contributed by atoms with Gasteiger partial charge in [0.1, 0.15) is 18.5 Å². The summed E-state index contributed by atoms with van der Waals surface area (Å²) in [5, 5.41) is 14.8. The number of benzene rings is 2. The number of carbonyl (C=O) groups is 1. The number of β-amino-alcohol motifs (C(OH)–C–C–N with tert-alkyl or cyclic N) is 1. The number of para-hydroxylation sites is 1. The first kappa shape index (κ1) is 25.6. The van der Waals surface area contributed by atoms with E-state index in [0.29, 0.717) is 13.1 Å². The van der Waals surface area contributed by atoms with Crippen molar-refractivity contribution in [2.75, 3.05) is 38.1 Å². The van der Waals surface area contributed by atoms with E-state index >= 15 is 0 Å². The highest BCUT2D eigenvalue weighted by Crippen LogP contribution is 2.26. The molecule has 1 aliphatic rings. The maximum atomic E-state index is 12.8. The van der Waals surface area contributed by atoms with E-state index in [-0.39, 0.29) is 24.6 Å². The van der Waals surface area contributed by atoms with Crippen LogP contribution in [0.5, 0.6) is 5.75 Å². The number of aryl methyl sites for hydroxylation is 3. The van der Waals surface area contributed by atoms with Gasteiger partial charge in [-0.25, -0.2) is 4.98 Å². The number of aliphatic hydroxyl groups is 1. The van der Waals surface area contributed by atoms with Crippen LogP contribution in [0.3, 0.4) is 0 Å². The van der Waals surface area contributed by atoms with Gasteiger partial charge in [-0.3, -0.25) is 14.6 Å². The normalized spacial score (nSPS) is 20.2. The zero-order valence-electron chi connectivity index (χ0n) is 21.2. The minimum Gasteiger partial charge on any atom is -0.491 e. The van der Waals surface area contributed by atoms with E-state index in [2.05, 4.69) is 33.9 Å². The number of aliphatic hydroxyl groups excluding tert-OH is 1. The van der Waals surface area contributed by atoms with Gasteiger partial charge < -0.3 is 15.2 Å². The number of fused-ring (bicyclic) bond motifs is 1. The van der Waals surface area contributed by atoms with Crippen LogP contribution in [0.4, 0.5) is 5.69 Å². The first-order chi connectivity index (χ1) is 16.7. The van der Waals surface area contributed by atoms with Crippen molar-refractivity contribution in [2.45, 2.75) is 52.8 Å². The molecular formula is C27H36N4O3S. The monoisotopic (exact) mass is 496 g/mol. The Morgan fingerprint density at radius 1 is 1.17 bits per heavy atom. The van der Waals surface area contributed by atoms with Crippen LogP contribution < -0.4 is 10.1 Å². The molecule has 35 heavy (non-hydrogen) atoms. The van der Waals surface area contributed by atoms with E-state index < -0.39 is 6.10 Å². The van der Waals surface area contributed by atoms with Gasteiger partial charge in [0.05, 0.1) is 21.8 Å². The van der Waals surface area contributed by atoms with Crippen molar-refractivity contribution in [3.8, 4) is 5.75 Å². The average molecular weight is 497 g/mol. The third kappa shape index (κ3) is 6.38. The smallest absolute Gasteiger partial charge is 0.238 e. The van der Waals surface area contributed by atoms with Gasteiger partial charge in [-0.15, -0.1) is 11.3 Å². The summed E-state index contributed by atoms with van der Waals surface area (Å²) in [6.07, 6.45) is -0.596. The summed E-state index contributed by atoms with van der Waals surface area (Å²) in [5.74, 6) is 0.735. The van der Waals surface area contributed by atoms with Gasteiger partial charge >= 0.3 is 0 Å². The molecule has 2 unspecified atom stereocenters. The molecule has 0 saturated carbocycles. The number of piperazine rings is 1. The van der Waals surface area contributed by atoms with E-state index in [1.165, 1.54) is 0 Å². The van der Waals surface area contributed by atoms with Gasteiger partial charge in [0, 0.05) is 43.5 Å². The Hall–Kier alpha value is -2.52. The first-order valence-electron chi connectivity index (χ1n) is 12.2. The minimum atomic E-state index is -0.596. The summed E-state index contributed by atoms with van der Waals surface area (Å²) >= 11 is 1.66. The lowest BCUT2D eigenvalue weighted by Gasteiger charge is -2.44. The van der Waals surface area contributed by atoms with Gasteiger partial charge in [0.25, 0.3) is 0 Å². The zero-order chi connectivity index (χ0) is 25.1. The quantitative estimate of drug-likeness (QED) is 0.491. The molecule has 3 atom stereocenters. The fraction of sp³-hybridized carbons (Fsp3) is 0.481. The number of thiazole rings is 1. The summed E-state index contributed by atoms with van der Waals surface area (Å²) in [5.41, 5.74) is 3.98. The molecule has 1 aliphatic heterocycles. The van der Waals surface area contributed by atoms with Crippen LogP contribution in [0, 0.1) is 20.8 Å². The van der Waals surface area contributed by atoms with Crippen molar-refractivity contribution in [1.82, 2.24) is 14.8 Å². The van der Waals surface area contributed by atoms with Crippen molar-refractivity contribution in [1.29, 1.82) is 0 Å². The van der Waals surface area contributed by atoms with Gasteiger partial charge in [-0.05, 0) is 57.9 Å². The lowest BCUT2D eigenvalue weighted by atomic mass is 10.1. The molecule has 1 amide bonds. The van der Waals surface area contributed by atoms with Crippen molar-refractivity contribution in [2.24, 2.45) is 0 Å². The van der Waals surface area contributed by atoms with Gasteiger partial charge in [-0.2, -0.15) is 0 Å². The molecule has 2 N–H and O–H groups in total. The van der Waals surface area contributed by atoms with Crippen LogP contribution in [0.25, 0.3) is 10.2 Å². The van der Waals surface area contributed by atoms with Gasteiger partial charge in [0.15, 0.2) is 0 Å². The Morgan fingerprint density at radius 3 is 2.54 bits per heavy atom. The molecule has 0 aliphatic carbocycles. The molecule has 1 saturated heterocycles. The molecule has 0 spiro atoms. The van der Waals surface area contributed by atoms with E-state index in [0.717, 1.165) is 50.9 Å². The number of carbonyl (C=O) groups excluding carboxylic acids is 1.